The average molecular weight is 879 g/mol. The Morgan fingerprint density at radius 3 is 0.606 bits per heavy atom. The molecule has 0 fully saturated rings. The van der Waals surface area contributed by atoms with Gasteiger partial charge in [-0.15, -0.1) is 0 Å². The Bertz CT molecular complexity index is 2140. The lowest BCUT2D eigenvalue weighted by molar-refractivity contribution is 0.845. The standard InChI is InChI=1S/C18H22.C16H18.C12H18.2C10H14/c1-13(2)15-5-9-17(10-6-15)18-11-7-16(8-12-18)14(3)4;1-3-13-5-9-15(10-6-13)16-11-7-14(4-2)8-12-16;1-9(2)11-5-7-12(8-6-11)10(3)4;1-3-9-5-7-10(4-2)8-6-9;1-3-9-6-5-7-10(4-2)8-9/h5-14H,1-4H3;5-12H,3-4H2,1-2H3;5-10H,1-4H3;2*5-8H,3-4H2,1-2H3. The molecule has 0 N–H and O–H groups in total. The van der Waals surface area contributed by atoms with Crippen LogP contribution in [0.15, 0.2) is 170 Å². The Hall–Kier alpha value is -5.46. The van der Waals surface area contributed by atoms with Gasteiger partial charge in [-0.1, -0.05) is 267 Å². The molecule has 0 heteroatoms. The number of hydrogen-bond acceptors (Lipinski definition) is 0. The zero-order valence-corrected chi connectivity index (χ0v) is 43.7. The Balaban J connectivity index is 0.000000224. The van der Waals surface area contributed by atoms with Crippen LogP contribution in [0.3, 0.4) is 0 Å². The molecule has 0 spiro atoms. The minimum atomic E-state index is 0.599. The lowest BCUT2D eigenvalue weighted by Crippen LogP contribution is -1.90. The molecule has 0 amide bonds. The van der Waals surface area contributed by atoms with Crippen molar-refractivity contribution in [2.24, 2.45) is 0 Å². The van der Waals surface area contributed by atoms with Gasteiger partial charge in [0.25, 0.3) is 0 Å². The van der Waals surface area contributed by atoms with Crippen molar-refractivity contribution >= 4 is 0 Å². The number of rotatable bonds is 12. The molecule has 0 saturated carbocycles. The molecule has 7 rings (SSSR count). The van der Waals surface area contributed by atoms with E-state index >= 15 is 0 Å². The van der Waals surface area contributed by atoms with Crippen molar-refractivity contribution in [1.29, 1.82) is 0 Å². The second-order valence-corrected chi connectivity index (χ2v) is 18.7. The molecule has 0 aliphatic carbocycles. The zero-order valence-electron chi connectivity index (χ0n) is 43.7. The van der Waals surface area contributed by atoms with Gasteiger partial charge in [-0.05, 0) is 140 Å². The molecule has 0 saturated heterocycles. The SMILES string of the molecule is CC(C)c1ccc(-c2ccc(C(C)C)cc2)cc1.CC(C)c1ccc(C(C)C)cc1.CCc1ccc(-c2ccc(CC)cc2)cc1.CCc1ccc(CC)cc1.CCc1cccc(CC)c1. The van der Waals surface area contributed by atoms with E-state index in [-0.39, 0.29) is 0 Å². The summed E-state index contributed by atoms with van der Waals surface area (Å²) in [5, 5.41) is 0. The van der Waals surface area contributed by atoms with Crippen LogP contribution in [0.25, 0.3) is 22.3 Å². The molecule has 0 aliphatic rings. The summed E-state index contributed by atoms with van der Waals surface area (Å²) >= 11 is 0. The molecule has 0 bridgehead atoms. The maximum absolute atomic E-state index is 2.28. The molecule has 0 unspecified atom stereocenters. The fourth-order valence-electron chi connectivity index (χ4n) is 7.33. The van der Waals surface area contributed by atoms with Gasteiger partial charge in [-0.3, -0.25) is 0 Å². The van der Waals surface area contributed by atoms with Crippen LogP contribution in [0.1, 0.15) is 176 Å². The summed E-state index contributed by atoms with van der Waals surface area (Å²) in [6.45, 7) is 30.9. The molecule has 0 radical (unpaired) electrons. The fraction of sp³-hybridized carbons (Fsp3) is 0.364. The van der Waals surface area contributed by atoms with Crippen LogP contribution in [0.4, 0.5) is 0 Å². The summed E-state index contributed by atoms with van der Waals surface area (Å²) in [6.07, 6.45) is 6.79. The number of aryl methyl sites for hydroxylation is 6. The Kier molecular flexibility index (Phi) is 24.9. The van der Waals surface area contributed by atoms with E-state index in [1.807, 2.05) is 0 Å². The monoisotopic (exact) mass is 879 g/mol. The van der Waals surface area contributed by atoms with Gasteiger partial charge in [0, 0.05) is 0 Å². The fourth-order valence-corrected chi connectivity index (χ4v) is 7.33. The highest BCUT2D eigenvalue weighted by molar-refractivity contribution is 5.65. The molecule has 0 aromatic heterocycles. The number of hydrogen-bond donors (Lipinski definition) is 0. The summed E-state index contributed by atoms with van der Waals surface area (Å²) < 4.78 is 0. The van der Waals surface area contributed by atoms with Crippen molar-refractivity contribution < 1.29 is 0 Å². The Morgan fingerprint density at radius 1 is 0.227 bits per heavy atom. The molecule has 0 atom stereocenters. The van der Waals surface area contributed by atoms with Crippen molar-refractivity contribution in [3.05, 3.63) is 225 Å². The van der Waals surface area contributed by atoms with Gasteiger partial charge >= 0.3 is 0 Å². The third kappa shape index (κ3) is 19.2. The lowest BCUT2D eigenvalue weighted by atomic mass is 9.96. The van der Waals surface area contributed by atoms with E-state index < -0.39 is 0 Å². The highest BCUT2D eigenvalue weighted by Crippen LogP contribution is 2.25. The lowest BCUT2D eigenvalue weighted by Gasteiger charge is -2.09. The smallest absolute Gasteiger partial charge is 0.0184 e. The van der Waals surface area contributed by atoms with Crippen molar-refractivity contribution in [2.45, 2.75) is 159 Å². The van der Waals surface area contributed by atoms with Crippen LogP contribution in [0.2, 0.25) is 0 Å². The van der Waals surface area contributed by atoms with E-state index in [1.165, 1.54) is 77.9 Å². The molecule has 0 nitrogen and oxygen atoms in total. The van der Waals surface area contributed by atoms with Gasteiger partial charge in [0.05, 0.1) is 0 Å². The van der Waals surface area contributed by atoms with Gasteiger partial charge in [-0.25, -0.2) is 0 Å². The molecule has 0 aliphatic heterocycles. The summed E-state index contributed by atoms with van der Waals surface area (Å²) in [5.74, 6) is 2.49. The summed E-state index contributed by atoms with van der Waals surface area (Å²) in [5.41, 5.74) is 19.4. The van der Waals surface area contributed by atoms with Crippen LogP contribution in [-0.4, -0.2) is 0 Å². The van der Waals surface area contributed by atoms with E-state index in [9.17, 15) is 0 Å². The normalized spacial score (nSPS) is 10.6. The molecule has 66 heavy (non-hydrogen) atoms. The molecule has 350 valence electrons. The zero-order chi connectivity index (χ0) is 48.4. The topological polar surface area (TPSA) is 0 Å². The molecule has 0 heterocycles. The molecule has 7 aromatic rings. The first kappa shape index (κ1) is 54.9. The molecule has 7 aromatic carbocycles. The van der Waals surface area contributed by atoms with E-state index in [1.54, 1.807) is 0 Å². The predicted molar refractivity (Wildman–Crippen MR) is 296 cm³/mol. The van der Waals surface area contributed by atoms with Gasteiger partial charge in [0.1, 0.15) is 0 Å². The van der Waals surface area contributed by atoms with Crippen LogP contribution < -0.4 is 0 Å². The molecular formula is C66H86. The highest BCUT2D eigenvalue weighted by Gasteiger charge is 2.04. The summed E-state index contributed by atoms with van der Waals surface area (Å²) in [4.78, 5) is 0. The minimum Gasteiger partial charge on any atom is -0.0617 e. The van der Waals surface area contributed by atoms with Crippen LogP contribution in [-0.2, 0) is 38.5 Å². The summed E-state index contributed by atoms with van der Waals surface area (Å²) in [6, 6.07) is 62.0. The quantitative estimate of drug-likeness (QED) is 0.115. The Morgan fingerprint density at radius 2 is 0.409 bits per heavy atom. The van der Waals surface area contributed by atoms with Gasteiger partial charge in [0.15, 0.2) is 0 Å². The maximum Gasteiger partial charge on any atom is -0.0184 e. The first-order valence-corrected chi connectivity index (χ1v) is 25.4. The van der Waals surface area contributed by atoms with Crippen molar-refractivity contribution in [3.63, 3.8) is 0 Å². The average Bonchev–Trinajstić information content (AvgIpc) is 3.37. The van der Waals surface area contributed by atoms with Gasteiger partial charge < -0.3 is 0 Å². The number of benzene rings is 7. The van der Waals surface area contributed by atoms with E-state index in [0.29, 0.717) is 23.7 Å². The van der Waals surface area contributed by atoms with Gasteiger partial charge in [0.2, 0.25) is 0 Å². The third-order valence-electron chi connectivity index (χ3n) is 12.5. The van der Waals surface area contributed by atoms with Crippen molar-refractivity contribution in [3.8, 4) is 22.3 Å². The van der Waals surface area contributed by atoms with E-state index in [0.717, 1.165) is 38.5 Å². The van der Waals surface area contributed by atoms with Crippen LogP contribution in [0.5, 0.6) is 0 Å². The molecular weight excluding hydrogens is 793 g/mol. The van der Waals surface area contributed by atoms with Crippen molar-refractivity contribution in [1.82, 2.24) is 0 Å². The maximum atomic E-state index is 2.28. The van der Waals surface area contributed by atoms with E-state index in [2.05, 4.69) is 267 Å². The highest BCUT2D eigenvalue weighted by atomic mass is 14.1. The second-order valence-electron chi connectivity index (χ2n) is 18.7. The first-order valence-electron chi connectivity index (χ1n) is 25.4. The third-order valence-corrected chi connectivity index (χ3v) is 12.5. The van der Waals surface area contributed by atoms with Gasteiger partial charge in [-0.2, -0.15) is 0 Å². The predicted octanol–water partition coefficient (Wildman–Crippen LogP) is 19.6. The Labute approximate surface area is 405 Å². The van der Waals surface area contributed by atoms with Crippen LogP contribution in [0, 0.1) is 0 Å². The van der Waals surface area contributed by atoms with Crippen molar-refractivity contribution in [2.75, 3.05) is 0 Å². The minimum absolute atomic E-state index is 0.599. The largest absolute Gasteiger partial charge is 0.0617 e. The van der Waals surface area contributed by atoms with Crippen LogP contribution >= 0.6 is 0 Å². The van der Waals surface area contributed by atoms with E-state index in [4.69, 9.17) is 0 Å². The second kappa shape index (κ2) is 29.9. The summed E-state index contributed by atoms with van der Waals surface area (Å²) in [7, 11) is 0. The first-order chi connectivity index (χ1) is 31.7.